The molecule has 0 heterocycles. The summed E-state index contributed by atoms with van der Waals surface area (Å²) in [5.41, 5.74) is 9.75. The van der Waals surface area contributed by atoms with E-state index in [2.05, 4.69) is 99.3 Å². The molecule has 24 heavy (non-hydrogen) atoms. The first-order valence-corrected chi connectivity index (χ1v) is 8.61. The van der Waals surface area contributed by atoms with Gasteiger partial charge in [-0.25, -0.2) is 0 Å². The molecule has 2 aromatic rings. The largest absolute Gasteiger partial charge is 0.116 e. The molecule has 0 nitrogen and oxygen atoms in total. The first-order chi connectivity index (χ1) is 11.7. The number of aryl methyl sites for hydroxylation is 1. The maximum absolute atomic E-state index is 3.54. The molecule has 0 saturated heterocycles. The van der Waals surface area contributed by atoms with Gasteiger partial charge in [-0.2, -0.15) is 0 Å². The lowest BCUT2D eigenvalue weighted by Gasteiger charge is -2.35. The first kappa shape index (κ1) is 16.3. The van der Waals surface area contributed by atoms with E-state index in [1.807, 2.05) is 6.08 Å². The lowest BCUT2D eigenvalue weighted by molar-refractivity contribution is 0.593. The molecular weight excluding hydrogens is 288 g/mol. The summed E-state index contributed by atoms with van der Waals surface area (Å²) in [6, 6.07) is 19.7. The number of hydrogen-bond acceptors (Lipinski definition) is 0. The van der Waals surface area contributed by atoms with Crippen molar-refractivity contribution in [2.24, 2.45) is 0 Å². The summed E-state index contributed by atoms with van der Waals surface area (Å²) >= 11 is 0. The molecule has 3 rings (SSSR count). The van der Waals surface area contributed by atoms with Gasteiger partial charge in [-0.3, -0.25) is 0 Å². The van der Waals surface area contributed by atoms with Crippen LogP contribution >= 0.6 is 0 Å². The summed E-state index contributed by atoms with van der Waals surface area (Å²) in [5.74, 6) is 0. The van der Waals surface area contributed by atoms with E-state index in [1.165, 1.54) is 27.8 Å². The van der Waals surface area contributed by atoms with Crippen molar-refractivity contribution in [1.82, 2.24) is 0 Å². The van der Waals surface area contributed by atoms with Crippen molar-refractivity contribution in [2.75, 3.05) is 0 Å². The lowest BCUT2D eigenvalue weighted by Crippen LogP contribution is -2.28. The molecule has 0 amide bonds. The van der Waals surface area contributed by atoms with Crippen molar-refractivity contribution in [1.29, 1.82) is 0 Å². The van der Waals surface area contributed by atoms with E-state index in [-0.39, 0.29) is 5.41 Å². The van der Waals surface area contributed by atoms with Crippen LogP contribution in [0.3, 0.4) is 0 Å². The molecule has 2 aromatic carbocycles. The third-order valence-corrected chi connectivity index (χ3v) is 4.90. The molecule has 0 spiro atoms. The molecule has 0 aliphatic heterocycles. The molecular formula is C24H24. The standard InChI is InChI=1S/C24H24/c1-4-24(21-10-6-5-7-11-21,23-17-14-20(3)15-18-23)22-12-8-9-19(2)13-16-22/h5-11,13-18H,4H2,1-3H3. The van der Waals surface area contributed by atoms with Crippen LogP contribution in [0.15, 0.2) is 95.8 Å². The Morgan fingerprint density at radius 1 is 0.833 bits per heavy atom. The Morgan fingerprint density at radius 3 is 2.17 bits per heavy atom. The van der Waals surface area contributed by atoms with Gasteiger partial charge in [-0.15, -0.1) is 5.73 Å². The maximum Gasteiger partial charge on any atom is 0.0521 e. The van der Waals surface area contributed by atoms with Gasteiger partial charge in [0.1, 0.15) is 0 Å². The molecule has 1 aliphatic carbocycles. The zero-order valence-corrected chi connectivity index (χ0v) is 14.7. The Bertz CT molecular complexity index is 825. The average molecular weight is 312 g/mol. The van der Waals surface area contributed by atoms with Crippen LogP contribution in [-0.2, 0) is 5.41 Å². The summed E-state index contributed by atoms with van der Waals surface area (Å²) in [6.45, 7) is 6.53. The fourth-order valence-corrected chi connectivity index (χ4v) is 3.48. The molecule has 0 aromatic heterocycles. The van der Waals surface area contributed by atoms with Gasteiger partial charge in [0.25, 0.3) is 0 Å². The highest BCUT2D eigenvalue weighted by Crippen LogP contribution is 2.43. The van der Waals surface area contributed by atoms with Gasteiger partial charge in [-0.1, -0.05) is 84.8 Å². The Balaban J connectivity index is 2.27. The van der Waals surface area contributed by atoms with Crippen LogP contribution < -0.4 is 0 Å². The maximum atomic E-state index is 3.54. The molecule has 0 fully saturated rings. The second-order valence-electron chi connectivity index (χ2n) is 6.46. The van der Waals surface area contributed by atoms with Crippen molar-refractivity contribution in [3.05, 3.63) is 112 Å². The highest BCUT2D eigenvalue weighted by atomic mass is 14.4. The van der Waals surface area contributed by atoms with Crippen LogP contribution in [0, 0.1) is 6.92 Å². The Labute approximate surface area is 145 Å². The Hall–Kier alpha value is -2.56. The Morgan fingerprint density at radius 2 is 1.50 bits per heavy atom. The van der Waals surface area contributed by atoms with Gasteiger partial charge in [0.05, 0.1) is 5.41 Å². The minimum Gasteiger partial charge on any atom is -0.116 e. The second kappa shape index (κ2) is 6.91. The number of benzene rings is 2. The van der Waals surface area contributed by atoms with Gasteiger partial charge in [0.15, 0.2) is 0 Å². The topological polar surface area (TPSA) is 0 Å². The molecule has 0 N–H and O–H groups in total. The van der Waals surface area contributed by atoms with Gasteiger partial charge >= 0.3 is 0 Å². The smallest absolute Gasteiger partial charge is 0.0521 e. The second-order valence-corrected chi connectivity index (χ2v) is 6.46. The fraction of sp³-hybridized carbons (Fsp3) is 0.208. The predicted molar refractivity (Wildman–Crippen MR) is 103 cm³/mol. The van der Waals surface area contributed by atoms with E-state index in [4.69, 9.17) is 0 Å². The third-order valence-electron chi connectivity index (χ3n) is 4.90. The molecule has 120 valence electrons. The normalized spacial score (nSPS) is 16.1. The summed E-state index contributed by atoms with van der Waals surface area (Å²) < 4.78 is 0. The van der Waals surface area contributed by atoms with Crippen LogP contribution in [0.25, 0.3) is 0 Å². The molecule has 0 radical (unpaired) electrons. The first-order valence-electron chi connectivity index (χ1n) is 8.61. The van der Waals surface area contributed by atoms with Crippen LogP contribution in [0.5, 0.6) is 0 Å². The summed E-state index contributed by atoms with van der Waals surface area (Å²) in [4.78, 5) is 0. The third kappa shape index (κ3) is 2.94. The summed E-state index contributed by atoms with van der Waals surface area (Å²) in [5, 5.41) is 0. The highest BCUT2D eigenvalue weighted by molar-refractivity contribution is 5.54. The lowest BCUT2D eigenvalue weighted by atomic mass is 9.67. The average Bonchev–Trinajstić information content (AvgIpc) is 2.84. The summed E-state index contributed by atoms with van der Waals surface area (Å²) in [6.07, 6.45) is 9.56. The fourth-order valence-electron chi connectivity index (χ4n) is 3.48. The van der Waals surface area contributed by atoms with E-state index < -0.39 is 0 Å². The van der Waals surface area contributed by atoms with E-state index >= 15 is 0 Å². The van der Waals surface area contributed by atoms with Crippen LogP contribution in [0.2, 0.25) is 0 Å². The van der Waals surface area contributed by atoms with E-state index in [0.717, 1.165) is 6.42 Å². The molecule has 0 bridgehead atoms. The van der Waals surface area contributed by atoms with Crippen molar-refractivity contribution in [3.63, 3.8) is 0 Å². The zero-order valence-electron chi connectivity index (χ0n) is 14.7. The van der Waals surface area contributed by atoms with Gasteiger partial charge < -0.3 is 0 Å². The van der Waals surface area contributed by atoms with Crippen LogP contribution in [0.4, 0.5) is 0 Å². The van der Waals surface area contributed by atoms with Gasteiger partial charge in [0.2, 0.25) is 0 Å². The highest BCUT2D eigenvalue weighted by Gasteiger charge is 2.35. The predicted octanol–water partition coefficient (Wildman–Crippen LogP) is 6.29. The van der Waals surface area contributed by atoms with E-state index in [9.17, 15) is 0 Å². The van der Waals surface area contributed by atoms with Crippen molar-refractivity contribution in [3.8, 4) is 0 Å². The van der Waals surface area contributed by atoms with Crippen LogP contribution in [0.1, 0.15) is 37.0 Å². The minimum atomic E-state index is -0.180. The van der Waals surface area contributed by atoms with Crippen molar-refractivity contribution < 1.29 is 0 Å². The number of rotatable bonds is 4. The van der Waals surface area contributed by atoms with Crippen LogP contribution in [-0.4, -0.2) is 0 Å². The quantitative estimate of drug-likeness (QED) is 0.582. The van der Waals surface area contributed by atoms with Gasteiger partial charge in [0, 0.05) is 5.57 Å². The SMILES string of the molecule is CCC(C1=C=CC=C(C)C=C1)(c1ccccc1)c1ccc(C)cc1. The summed E-state index contributed by atoms with van der Waals surface area (Å²) in [7, 11) is 0. The molecule has 0 heteroatoms. The molecule has 1 unspecified atom stereocenters. The monoisotopic (exact) mass is 312 g/mol. The zero-order chi connectivity index (χ0) is 17.0. The van der Waals surface area contributed by atoms with Gasteiger partial charge in [-0.05, 0) is 43.5 Å². The minimum absolute atomic E-state index is 0.180. The number of allylic oxidation sites excluding steroid dienone is 5. The molecule has 1 aliphatic rings. The van der Waals surface area contributed by atoms with Crippen molar-refractivity contribution >= 4 is 0 Å². The van der Waals surface area contributed by atoms with E-state index in [0.29, 0.717) is 0 Å². The number of hydrogen-bond donors (Lipinski definition) is 0. The molecule has 0 saturated carbocycles. The van der Waals surface area contributed by atoms with E-state index in [1.54, 1.807) is 0 Å². The van der Waals surface area contributed by atoms with Crippen molar-refractivity contribution in [2.45, 2.75) is 32.6 Å². The molecule has 1 atom stereocenters. The Kier molecular flexibility index (Phi) is 4.69.